The van der Waals surface area contributed by atoms with Gasteiger partial charge in [-0.2, -0.15) is 0 Å². The Morgan fingerprint density at radius 1 is 1.00 bits per heavy atom. The van der Waals surface area contributed by atoms with E-state index in [1.807, 2.05) is 12.4 Å². The molecule has 5 rings (SSSR count). The first kappa shape index (κ1) is 18.3. The molecule has 2 fully saturated rings. The van der Waals surface area contributed by atoms with Crippen molar-refractivity contribution in [3.05, 3.63) is 47.8 Å². The summed E-state index contributed by atoms with van der Waals surface area (Å²) < 4.78 is 0. The van der Waals surface area contributed by atoms with Gasteiger partial charge >= 0.3 is 0 Å². The SMILES string of the molecule is CC1(C)C(=O)CC[C@@]2(C)C1=CC[C@@H]1[C@@H]2CC[C@]2(C)C(c3cccnc3)=CC[C@@H]12. The Kier molecular flexibility index (Phi) is 3.87. The molecule has 148 valence electrons. The van der Waals surface area contributed by atoms with Crippen LogP contribution in [0, 0.1) is 34.0 Å². The lowest BCUT2D eigenvalue weighted by Crippen LogP contribution is -2.53. The first-order valence-corrected chi connectivity index (χ1v) is 11.1. The molecule has 2 nitrogen and oxygen atoms in total. The van der Waals surface area contributed by atoms with Crippen molar-refractivity contribution in [2.24, 2.45) is 34.0 Å². The first-order chi connectivity index (χ1) is 13.3. The maximum absolute atomic E-state index is 12.7. The van der Waals surface area contributed by atoms with Crippen molar-refractivity contribution in [3.8, 4) is 0 Å². The minimum atomic E-state index is -0.270. The lowest BCUT2D eigenvalue weighted by molar-refractivity contribution is -0.131. The zero-order valence-electron chi connectivity index (χ0n) is 17.8. The fourth-order valence-electron chi connectivity index (χ4n) is 7.76. The van der Waals surface area contributed by atoms with Crippen LogP contribution in [0.1, 0.15) is 71.8 Å². The minimum Gasteiger partial charge on any atom is -0.299 e. The second kappa shape index (κ2) is 5.90. The molecule has 0 aromatic carbocycles. The third kappa shape index (κ3) is 2.27. The predicted octanol–water partition coefficient (Wildman–Crippen LogP) is 6.24. The molecule has 1 aromatic heterocycles. The van der Waals surface area contributed by atoms with Crippen LogP contribution in [0.25, 0.3) is 5.57 Å². The van der Waals surface area contributed by atoms with Gasteiger partial charge in [-0.25, -0.2) is 0 Å². The summed E-state index contributed by atoms with van der Waals surface area (Å²) in [5, 5.41) is 0. The van der Waals surface area contributed by atoms with E-state index in [9.17, 15) is 4.79 Å². The summed E-state index contributed by atoms with van der Waals surface area (Å²) in [5.41, 5.74) is 4.51. The van der Waals surface area contributed by atoms with E-state index in [0.717, 1.165) is 37.0 Å². The molecular formula is C26H33NO. The van der Waals surface area contributed by atoms with Gasteiger partial charge in [-0.3, -0.25) is 9.78 Å². The standard InChI is InChI=1S/C26H33NO/c1-24(2)22-10-7-18-20-9-8-19(17-6-5-15-27-16-17)25(20,3)13-11-21(18)26(22,4)14-12-23(24)28/h5-6,8,10,15-16,18,20-21H,7,9,11-14H2,1-4H3/t18-,20-,21-,25+,26+/m0/s1. The summed E-state index contributed by atoms with van der Waals surface area (Å²) in [4.78, 5) is 17.0. The number of carbonyl (C=O) groups is 1. The number of ketones is 1. The normalized spacial score (nSPS) is 41.4. The predicted molar refractivity (Wildman–Crippen MR) is 113 cm³/mol. The second-order valence-corrected chi connectivity index (χ2v) is 10.7. The van der Waals surface area contributed by atoms with Gasteiger partial charge in [0.25, 0.3) is 0 Å². The molecule has 0 spiro atoms. The van der Waals surface area contributed by atoms with Gasteiger partial charge in [-0.05, 0) is 91.7 Å². The van der Waals surface area contributed by atoms with Crippen LogP contribution in [-0.4, -0.2) is 10.8 Å². The Morgan fingerprint density at radius 2 is 1.82 bits per heavy atom. The molecule has 1 heterocycles. The van der Waals surface area contributed by atoms with Crippen molar-refractivity contribution in [2.45, 2.75) is 66.2 Å². The van der Waals surface area contributed by atoms with Gasteiger partial charge in [0, 0.05) is 24.2 Å². The highest BCUT2D eigenvalue weighted by molar-refractivity contribution is 5.89. The molecule has 2 saturated carbocycles. The van der Waals surface area contributed by atoms with Crippen molar-refractivity contribution in [3.63, 3.8) is 0 Å². The smallest absolute Gasteiger partial charge is 0.142 e. The number of hydrogen-bond donors (Lipinski definition) is 0. The zero-order chi connectivity index (χ0) is 19.7. The van der Waals surface area contributed by atoms with Gasteiger partial charge < -0.3 is 0 Å². The van der Waals surface area contributed by atoms with Gasteiger partial charge in [0.2, 0.25) is 0 Å². The van der Waals surface area contributed by atoms with Gasteiger partial charge in [0.05, 0.1) is 0 Å². The summed E-state index contributed by atoms with van der Waals surface area (Å²) in [7, 11) is 0. The Morgan fingerprint density at radius 3 is 2.57 bits per heavy atom. The molecule has 2 heteroatoms. The Bertz CT molecular complexity index is 879. The number of hydrogen-bond acceptors (Lipinski definition) is 2. The van der Waals surface area contributed by atoms with Gasteiger partial charge in [0.1, 0.15) is 5.78 Å². The van der Waals surface area contributed by atoms with E-state index in [2.05, 4.69) is 57.0 Å². The Labute approximate surface area is 169 Å². The summed E-state index contributed by atoms with van der Waals surface area (Å²) >= 11 is 0. The first-order valence-electron chi connectivity index (χ1n) is 11.1. The van der Waals surface area contributed by atoms with E-state index < -0.39 is 0 Å². The maximum atomic E-state index is 12.7. The van der Waals surface area contributed by atoms with Crippen LogP contribution in [0.3, 0.4) is 0 Å². The maximum Gasteiger partial charge on any atom is 0.142 e. The van der Waals surface area contributed by atoms with Gasteiger partial charge in [-0.1, -0.05) is 37.6 Å². The van der Waals surface area contributed by atoms with E-state index in [-0.39, 0.29) is 16.2 Å². The molecule has 28 heavy (non-hydrogen) atoms. The van der Waals surface area contributed by atoms with Crippen molar-refractivity contribution in [1.82, 2.24) is 4.98 Å². The Balaban J connectivity index is 1.51. The highest BCUT2D eigenvalue weighted by Gasteiger charge is 2.59. The molecule has 0 saturated heterocycles. The summed E-state index contributed by atoms with van der Waals surface area (Å²) in [5.74, 6) is 2.62. The monoisotopic (exact) mass is 375 g/mol. The van der Waals surface area contributed by atoms with Gasteiger partial charge in [-0.15, -0.1) is 0 Å². The molecule has 0 radical (unpaired) electrons. The van der Waals surface area contributed by atoms with Gasteiger partial charge in [0.15, 0.2) is 0 Å². The number of rotatable bonds is 1. The highest BCUT2D eigenvalue weighted by Crippen LogP contribution is 2.67. The quantitative estimate of drug-likeness (QED) is 0.544. The van der Waals surface area contributed by atoms with Crippen LogP contribution < -0.4 is 0 Å². The average molecular weight is 376 g/mol. The third-order valence-corrected chi connectivity index (χ3v) is 9.26. The van der Waals surface area contributed by atoms with Crippen LogP contribution in [0.4, 0.5) is 0 Å². The number of Topliss-reactive ketones (excluding diaryl/α,β-unsaturated/α-hetero) is 1. The van der Waals surface area contributed by atoms with Crippen molar-refractivity contribution in [1.29, 1.82) is 0 Å². The number of pyridine rings is 1. The van der Waals surface area contributed by atoms with Crippen LogP contribution in [0.15, 0.2) is 42.3 Å². The number of allylic oxidation sites excluding steroid dienone is 4. The molecular weight excluding hydrogens is 342 g/mol. The van der Waals surface area contributed by atoms with Crippen molar-refractivity contribution >= 4 is 11.4 Å². The van der Waals surface area contributed by atoms with Crippen molar-refractivity contribution in [2.75, 3.05) is 0 Å². The second-order valence-electron chi connectivity index (χ2n) is 10.7. The highest BCUT2D eigenvalue weighted by atomic mass is 16.1. The molecule has 0 unspecified atom stereocenters. The number of fused-ring (bicyclic) bond motifs is 5. The number of aromatic nitrogens is 1. The van der Waals surface area contributed by atoms with Crippen LogP contribution in [-0.2, 0) is 4.79 Å². The van der Waals surface area contributed by atoms with E-state index >= 15 is 0 Å². The zero-order valence-corrected chi connectivity index (χ0v) is 17.8. The fraction of sp³-hybridized carbons (Fsp3) is 0.615. The van der Waals surface area contributed by atoms with E-state index in [1.54, 1.807) is 0 Å². The van der Waals surface area contributed by atoms with Crippen LogP contribution in [0.5, 0.6) is 0 Å². The number of nitrogens with zero attached hydrogens (tertiary/aromatic N) is 1. The van der Waals surface area contributed by atoms with E-state index in [1.165, 1.54) is 36.0 Å². The lowest BCUT2D eigenvalue weighted by atomic mass is 9.44. The molecule has 4 aliphatic rings. The summed E-state index contributed by atoms with van der Waals surface area (Å²) in [6, 6.07) is 4.30. The summed E-state index contributed by atoms with van der Waals surface area (Å²) in [6.45, 7) is 9.33. The molecule has 5 atom stereocenters. The van der Waals surface area contributed by atoms with E-state index in [0.29, 0.717) is 5.78 Å². The molecule has 1 aromatic rings. The molecule has 0 bridgehead atoms. The average Bonchev–Trinajstić information content (AvgIpc) is 3.03. The van der Waals surface area contributed by atoms with E-state index in [4.69, 9.17) is 0 Å². The van der Waals surface area contributed by atoms with Crippen LogP contribution in [0.2, 0.25) is 0 Å². The molecule has 0 amide bonds. The molecule has 0 aliphatic heterocycles. The number of carbonyl (C=O) groups excluding carboxylic acids is 1. The lowest BCUT2D eigenvalue weighted by Gasteiger charge is -2.59. The topological polar surface area (TPSA) is 30.0 Å². The molecule has 4 aliphatic carbocycles. The fourth-order valence-corrected chi connectivity index (χ4v) is 7.76. The van der Waals surface area contributed by atoms with Crippen molar-refractivity contribution < 1.29 is 4.79 Å². The largest absolute Gasteiger partial charge is 0.299 e. The van der Waals surface area contributed by atoms with Crippen LogP contribution >= 0.6 is 0 Å². The molecule has 0 N–H and O–H groups in total. The third-order valence-electron chi connectivity index (χ3n) is 9.26. The Hall–Kier alpha value is -1.70. The minimum absolute atomic E-state index is 0.207. The summed E-state index contributed by atoms with van der Waals surface area (Å²) in [6.07, 6.45) is 15.6.